The van der Waals surface area contributed by atoms with E-state index in [9.17, 15) is 13.8 Å². The van der Waals surface area contributed by atoms with Crippen molar-refractivity contribution in [2.75, 3.05) is 19.0 Å². The van der Waals surface area contributed by atoms with Crippen LogP contribution in [0.2, 0.25) is 0 Å². The van der Waals surface area contributed by atoms with E-state index in [1.54, 1.807) is 46.2 Å². The maximum absolute atomic E-state index is 15.8. The number of hydrogen-bond donors (Lipinski definition) is 2. The molecule has 0 bridgehead atoms. The molecule has 49 heavy (non-hydrogen) atoms. The second kappa shape index (κ2) is 14.3. The molecule has 1 saturated heterocycles. The molecule has 1 saturated carbocycles. The molecule has 11 heteroatoms. The van der Waals surface area contributed by atoms with Crippen molar-refractivity contribution < 1.29 is 27.7 Å². The van der Waals surface area contributed by atoms with Gasteiger partial charge >= 0.3 is 6.09 Å². The highest BCUT2D eigenvalue weighted by atomic mass is 32.2. The minimum Gasteiger partial charge on any atom is -0.444 e. The first kappa shape index (κ1) is 36.6. The summed E-state index contributed by atoms with van der Waals surface area (Å²) < 4.78 is 42.5. The number of anilines is 1. The van der Waals surface area contributed by atoms with Crippen molar-refractivity contribution in [1.29, 1.82) is 0 Å². The van der Waals surface area contributed by atoms with Crippen LogP contribution in [0.25, 0.3) is 0 Å². The van der Waals surface area contributed by atoms with Gasteiger partial charge in [0, 0.05) is 25.3 Å². The second-order valence-electron chi connectivity index (χ2n) is 15.2. The number of ether oxygens (including phenoxy) is 2. The number of methoxy groups -OCH3 is 1. The fraction of sp³-hybridized carbons (Fsp3) is 0.500. The summed E-state index contributed by atoms with van der Waals surface area (Å²) >= 11 is -0.216. The fourth-order valence-electron chi connectivity index (χ4n) is 6.88. The third-order valence-corrected chi connectivity index (χ3v) is 10.5. The van der Waals surface area contributed by atoms with Gasteiger partial charge in [-0.25, -0.2) is 17.7 Å². The molecular weight excluding hydrogens is 644 g/mol. The number of carbonyl (C=O) groups is 2. The number of pyridine rings is 1. The average molecular weight is 693 g/mol. The van der Waals surface area contributed by atoms with E-state index < -0.39 is 46.1 Å². The molecule has 2 amide bonds. The molecule has 2 aliphatic rings. The van der Waals surface area contributed by atoms with Crippen LogP contribution in [0, 0.1) is 11.7 Å². The van der Waals surface area contributed by atoms with Gasteiger partial charge in [0.2, 0.25) is 5.91 Å². The number of aromatic nitrogens is 1. The summed E-state index contributed by atoms with van der Waals surface area (Å²) in [7, 11) is 1.55. The van der Waals surface area contributed by atoms with Crippen LogP contribution in [-0.2, 0) is 37.3 Å². The molecule has 0 spiro atoms. The van der Waals surface area contributed by atoms with Crippen LogP contribution in [0.15, 0.2) is 72.9 Å². The van der Waals surface area contributed by atoms with Gasteiger partial charge in [-0.05, 0) is 95.7 Å². The van der Waals surface area contributed by atoms with Crippen molar-refractivity contribution >= 4 is 29.5 Å². The summed E-state index contributed by atoms with van der Waals surface area (Å²) in [6.45, 7) is 11.3. The predicted molar refractivity (Wildman–Crippen MR) is 190 cm³/mol. The number of likely N-dealkylation sites (tertiary alicyclic amines) is 1. The van der Waals surface area contributed by atoms with E-state index >= 15 is 4.39 Å². The van der Waals surface area contributed by atoms with Crippen LogP contribution in [0.3, 0.4) is 0 Å². The lowest BCUT2D eigenvalue weighted by atomic mass is 9.79. The maximum atomic E-state index is 15.8. The van der Waals surface area contributed by atoms with Crippen molar-refractivity contribution in [2.24, 2.45) is 5.92 Å². The number of halogens is 1. The molecule has 2 heterocycles. The van der Waals surface area contributed by atoms with Gasteiger partial charge in [-0.3, -0.25) is 14.7 Å². The second-order valence-corrected chi connectivity index (χ2v) is 15.8. The zero-order valence-electron chi connectivity index (χ0n) is 29.5. The van der Waals surface area contributed by atoms with E-state index in [2.05, 4.69) is 5.32 Å². The zero-order valence-corrected chi connectivity index (χ0v) is 30.4. The lowest BCUT2D eigenvalue weighted by Gasteiger charge is -2.47. The Morgan fingerprint density at radius 2 is 1.73 bits per heavy atom. The Morgan fingerprint density at radius 1 is 1.04 bits per heavy atom. The Kier molecular flexibility index (Phi) is 10.7. The third kappa shape index (κ3) is 7.89. The van der Waals surface area contributed by atoms with Crippen molar-refractivity contribution in [1.82, 2.24) is 14.2 Å². The number of carbonyl (C=O) groups excluding carboxylic acids is 2. The summed E-state index contributed by atoms with van der Waals surface area (Å²) in [6, 6.07) is 18.7. The summed E-state index contributed by atoms with van der Waals surface area (Å²) in [5.41, 5.74) is -1.30. The van der Waals surface area contributed by atoms with Crippen LogP contribution in [0.4, 0.5) is 14.9 Å². The van der Waals surface area contributed by atoms with Gasteiger partial charge in [-0.1, -0.05) is 55.3 Å². The van der Waals surface area contributed by atoms with E-state index in [0.29, 0.717) is 23.6 Å². The first-order valence-corrected chi connectivity index (χ1v) is 17.7. The summed E-state index contributed by atoms with van der Waals surface area (Å²) in [5.74, 6) is -0.661. The number of nitrogens with one attached hydrogen (secondary N) is 1. The molecule has 9 nitrogen and oxygen atoms in total. The molecule has 2 fully saturated rings. The highest BCUT2D eigenvalue weighted by Gasteiger charge is 2.52. The third-order valence-electron chi connectivity index (χ3n) is 9.43. The summed E-state index contributed by atoms with van der Waals surface area (Å²) in [6.07, 6.45) is 4.89. The van der Waals surface area contributed by atoms with E-state index in [1.165, 1.54) is 11.0 Å². The monoisotopic (exact) mass is 692 g/mol. The van der Waals surface area contributed by atoms with Crippen LogP contribution >= 0.6 is 0 Å². The van der Waals surface area contributed by atoms with E-state index in [0.717, 1.165) is 24.8 Å². The Hall–Kier alpha value is -3.67. The van der Waals surface area contributed by atoms with E-state index in [4.69, 9.17) is 14.5 Å². The molecular formula is C38H49FN4O5S. The molecule has 2 aromatic carbocycles. The number of nitrogens with zero attached hydrogens (tertiary/aromatic N) is 3. The number of benzene rings is 2. The van der Waals surface area contributed by atoms with Gasteiger partial charge in [-0.15, -0.1) is 0 Å². The van der Waals surface area contributed by atoms with Crippen LogP contribution < -0.4 is 5.32 Å². The van der Waals surface area contributed by atoms with E-state index in [1.807, 2.05) is 73.6 Å². The normalized spacial score (nSPS) is 21.0. The standard InChI is InChI=1S/C38H49FN4O5S/c1-35(2,3)43(49-46)38(21-20-26-16-17-26,32-15-11-12-22-40-32)28-18-19-29(39)30(23-28)41-33(44)31-24-37(47-7,27-13-9-8-10-14-27)25-42(31)34(45)48-36(4,5)6/h8-15,18-19,22-23,26,31,49H,16-17,20-21,24-25H2,1-7H3,(H,41,44)/t31-,37+,38-/m0/s1. The number of amides is 2. The van der Waals surface area contributed by atoms with Crippen LogP contribution in [0.5, 0.6) is 0 Å². The van der Waals surface area contributed by atoms with Crippen molar-refractivity contribution in [3.63, 3.8) is 0 Å². The molecule has 1 N–H and O–H groups in total. The SMILES string of the molecule is CO[C@]1(c2ccccc2)C[C@@H](C(=O)Nc2cc([C@@](CCC3CC3)(c3ccccn3)N([SH]=O)C(C)(C)C)ccc2F)N(C(=O)OC(C)(C)C)C1. The summed E-state index contributed by atoms with van der Waals surface area (Å²) in [4.78, 5) is 33.9. The molecule has 264 valence electrons. The molecule has 1 aliphatic heterocycles. The van der Waals surface area contributed by atoms with Crippen molar-refractivity contribution in [3.8, 4) is 0 Å². The van der Waals surface area contributed by atoms with Crippen molar-refractivity contribution in [2.45, 2.75) is 102 Å². The van der Waals surface area contributed by atoms with Gasteiger partial charge < -0.3 is 14.8 Å². The Bertz CT molecular complexity index is 1640. The van der Waals surface area contributed by atoms with Crippen molar-refractivity contribution in [3.05, 3.63) is 95.6 Å². The van der Waals surface area contributed by atoms with Gasteiger partial charge in [0.25, 0.3) is 0 Å². The highest BCUT2D eigenvalue weighted by molar-refractivity contribution is 7.63. The maximum Gasteiger partial charge on any atom is 0.411 e. The highest BCUT2D eigenvalue weighted by Crippen LogP contribution is 2.47. The molecule has 0 unspecified atom stereocenters. The molecule has 1 aromatic heterocycles. The summed E-state index contributed by atoms with van der Waals surface area (Å²) in [5, 5.41) is 2.81. The quantitative estimate of drug-likeness (QED) is 0.208. The first-order valence-electron chi connectivity index (χ1n) is 16.9. The lowest BCUT2D eigenvalue weighted by molar-refractivity contribution is -0.120. The van der Waals surface area contributed by atoms with E-state index in [-0.39, 0.29) is 30.5 Å². The first-order chi connectivity index (χ1) is 23.1. The van der Waals surface area contributed by atoms with Crippen LogP contribution in [-0.4, -0.2) is 61.2 Å². The largest absolute Gasteiger partial charge is 0.444 e. The molecule has 5 rings (SSSR count). The predicted octanol–water partition coefficient (Wildman–Crippen LogP) is 7.11. The molecule has 1 aliphatic carbocycles. The number of rotatable bonds is 11. The minimum absolute atomic E-state index is 0.0515. The number of thiol groups is 1. The van der Waals surface area contributed by atoms with Gasteiger partial charge in [0.1, 0.15) is 28.6 Å². The smallest absolute Gasteiger partial charge is 0.411 e. The molecule has 3 aromatic rings. The zero-order chi connectivity index (χ0) is 35.6. The molecule has 0 radical (unpaired) electrons. The molecule has 3 atom stereocenters. The average Bonchev–Trinajstić information content (AvgIpc) is 3.80. The Morgan fingerprint density at radius 3 is 2.31 bits per heavy atom. The van der Waals surface area contributed by atoms with Gasteiger partial charge in [0.15, 0.2) is 0 Å². The Balaban J connectivity index is 1.57. The Labute approximate surface area is 293 Å². The van der Waals surface area contributed by atoms with Gasteiger partial charge in [-0.2, -0.15) is 0 Å². The lowest BCUT2D eigenvalue weighted by Crippen LogP contribution is -2.54. The van der Waals surface area contributed by atoms with Crippen LogP contribution in [0.1, 0.15) is 90.5 Å². The minimum atomic E-state index is -1.03. The topological polar surface area (TPSA) is 101 Å². The fourth-order valence-corrected chi connectivity index (χ4v) is 7.58. The van der Waals surface area contributed by atoms with Gasteiger partial charge in [0.05, 0.1) is 29.8 Å². The number of hydrogen-bond acceptors (Lipinski definition) is 6.